The third-order valence-electron chi connectivity index (χ3n) is 6.30. The molecule has 214 valence electrons. The van der Waals surface area contributed by atoms with Gasteiger partial charge in [0.25, 0.3) is 5.91 Å². The van der Waals surface area contributed by atoms with E-state index >= 15 is 0 Å². The van der Waals surface area contributed by atoms with E-state index < -0.39 is 21.9 Å². The van der Waals surface area contributed by atoms with Crippen LogP contribution in [0.5, 0.6) is 11.5 Å². The summed E-state index contributed by atoms with van der Waals surface area (Å²) in [6.45, 7) is 2.33. The Balaban J connectivity index is 1.60. The first-order chi connectivity index (χ1) is 20.2. The smallest absolute Gasteiger partial charge is 0.337 e. The molecule has 0 unspecified atom stereocenters. The molecule has 0 saturated carbocycles. The van der Waals surface area contributed by atoms with Gasteiger partial charge in [-0.15, -0.1) is 0 Å². The Morgan fingerprint density at radius 2 is 1.64 bits per heavy atom. The van der Waals surface area contributed by atoms with Gasteiger partial charge in [-0.25, -0.2) is 17.9 Å². The Labute approximate surface area is 244 Å². The maximum absolute atomic E-state index is 13.3. The fourth-order valence-electron chi connectivity index (χ4n) is 4.11. The van der Waals surface area contributed by atoms with E-state index in [0.717, 1.165) is 12.8 Å². The number of methoxy groups -OCH3 is 1. The molecule has 0 aliphatic heterocycles. The summed E-state index contributed by atoms with van der Waals surface area (Å²) < 4.78 is 39.3. The molecule has 42 heavy (non-hydrogen) atoms. The highest BCUT2D eigenvalue weighted by Gasteiger charge is 2.19. The first kappa shape index (κ1) is 30.0. The third-order valence-corrected chi connectivity index (χ3v) is 7.82. The predicted molar refractivity (Wildman–Crippen MR) is 159 cm³/mol. The van der Waals surface area contributed by atoms with E-state index in [0.29, 0.717) is 34.5 Å². The van der Waals surface area contributed by atoms with E-state index in [1.165, 1.54) is 25.3 Å². The average molecular weight is 584 g/mol. The number of nitrogens with zero attached hydrogens (tertiary/aromatic N) is 1. The molecule has 0 radical (unpaired) electrons. The van der Waals surface area contributed by atoms with Crippen molar-refractivity contribution in [1.29, 1.82) is 5.26 Å². The third kappa shape index (κ3) is 7.20. The molecule has 9 nitrogen and oxygen atoms in total. The van der Waals surface area contributed by atoms with Crippen LogP contribution in [0.1, 0.15) is 46.0 Å². The van der Waals surface area contributed by atoms with Crippen LogP contribution in [0.4, 0.5) is 5.69 Å². The van der Waals surface area contributed by atoms with E-state index in [-0.39, 0.29) is 21.9 Å². The topological polar surface area (TPSA) is 135 Å². The molecule has 0 aromatic heterocycles. The average Bonchev–Trinajstić information content (AvgIpc) is 3.01. The molecular weight excluding hydrogens is 554 g/mol. The fourth-order valence-corrected chi connectivity index (χ4v) is 5.42. The highest BCUT2D eigenvalue weighted by atomic mass is 32.2. The lowest BCUT2D eigenvalue weighted by Gasteiger charge is -2.14. The van der Waals surface area contributed by atoms with Crippen LogP contribution in [0, 0.1) is 11.3 Å². The van der Waals surface area contributed by atoms with Gasteiger partial charge in [-0.1, -0.05) is 49.7 Å². The minimum absolute atomic E-state index is 0.153. The molecular formula is C32H29N3O6S. The maximum atomic E-state index is 13.3. The van der Waals surface area contributed by atoms with E-state index in [9.17, 15) is 23.3 Å². The molecule has 4 aromatic rings. The van der Waals surface area contributed by atoms with E-state index in [1.807, 2.05) is 13.0 Å². The lowest BCUT2D eigenvalue weighted by Crippen LogP contribution is -2.25. The van der Waals surface area contributed by atoms with Crippen molar-refractivity contribution in [3.63, 3.8) is 0 Å². The fraction of sp³-hybridized carbons (Fsp3) is 0.156. The standard InChI is InChI=1S/C32H29N3O6S/c1-3-4-18-34-42(38,39)30-11-6-5-10-27(30)23-12-14-24(15-13-23)31(36)35-28-20-25(32(37)40-2)16-17-29(28)41-26-9-7-8-22(19-26)21-33/h5-17,19-20,34H,3-4,18H2,1-2H3,(H,35,36). The zero-order chi connectivity index (χ0) is 30.1. The number of sulfonamides is 1. The first-order valence-corrected chi connectivity index (χ1v) is 14.6. The Hall–Kier alpha value is -4.98. The summed E-state index contributed by atoms with van der Waals surface area (Å²) in [5, 5.41) is 12.0. The molecule has 0 spiro atoms. The van der Waals surface area contributed by atoms with Crippen molar-refractivity contribution in [2.24, 2.45) is 0 Å². The first-order valence-electron chi connectivity index (χ1n) is 13.2. The molecule has 0 fully saturated rings. The Kier molecular flexibility index (Phi) is 9.70. The highest BCUT2D eigenvalue weighted by molar-refractivity contribution is 7.89. The minimum atomic E-state index is -3.73. The summed E-state index contributed by atoms with van der Waals surface area (Å²) in [5.41, 5.74) is 2.23. The van der Waals surface area contributed by atoms with Gasteiger partial charge in [0.15, 0.2) is 5.75 Å². The number of esters is 1. The highest BCUT2D eigenvalue weighted by Crippen LogP contribution is 2.32. The predicted octanol–water partition coefficient (Wildman–Crippen LogP) is 6.13. The van der Waals surface area contributed by atoms with Gasteiger partial charge in [-0.05, 0) is 66.6 Å². The van der Waals surface area contributed by atoms with Crippen molar-refractivity contribution in [3.05, 3.63) is 108 Å². The van der Waals surface area contributed by atoms with Crippen LogP contribution < -0.4 is 14.8 Å². The van der Waals surface area contributed by atoms with Gasteiger partial charge >= 0.3 is 5.97 Å². The number of nitrogens with one attached hydrogen (secondary N) is 2. The SMILES string of the molecule is CCCCNS(=O)(=O)c1ccccc1-c1ccc(C(=O)Nc2cc(C(=O)OC)ccc2Oc2cccc(C#N)c2)cc1. The normalized spacial score (nSPS) is 10.9. The summed E-state index contributed by atoms with van der Waals surface area (Å²) in [5.74, 6) is -0.457. The molecule has 2 N–H and O–H groups in total. The van der Waals surface area contributed by atoms with Gasteiger partial charge < -0.3 is 14.8 Å². The van der Waals surface area contributed by atoms with E-state index in [1.54, 1.807) is 72.8 Å². The number of nitriles is 1. The minimum Gasteiger partial charge on any atom is -0.465 e. The number of anilines is 1. The van der Waals surface area contributed by atoms with Crippen molar-refractivity contribution in [1.82, 2.24) is 4.72 Å². The van der Waals surface area contributed by atoms with Crippen LogP contribution in [0.3, 0.4) is 0 Å². The summed E-state index contributed by atoms with van der Waals surface area (Å²) >= 11 is 0. The van der Waals surface area contributed by atoms with Gasteiger partial charge in [0.05, 0.1) is 34.9 Å². The van der Waals surface area contributed by atoms with Crippen molar-refractivity contribution < 1.29 is 27.5 Å². The molecule has 0 aliphatic carbocycles. The van der Waals surface area contributed by atoms with Crippen molar-refractivity contribution in [3.8, 4) is 28.7 Å². The number of ether oxygens (including phenoxy) is 2. The summed E-state index contributed by atoms with van der Waals surface area (Å²) in [6, 6.07) is 26.2. The maximum Gasteiger partial charge on any atom is 0.337 e. The second-order valence-corrected chi connectivity index (χ2v) is 11.0. The molecule has 10 heteroatoms. The van der Waals surface area contributed by atoms with Crippen LogP contribution in [-0.4, -0.2) is 33.9 Å². The van der Waals surface area contributed by atoms with Gasteiger partial charge in [-0.2, -0.15) is 5.26 Å². The zero-order valence-electron chi connectivity index (χ0n) is 23.1. The Morgan fingerprint density at radius 1 is 0.905 bits per heavy atom. The Morgan fingerprint density at radius 3 is 2.36 bits per heavy atom. The van der Waals surface area contributed by atoms with Crippen molar-refractivity contribution >= 4 is 27.6 Å². The van der Waals surface area contributed by atoms with E-state index in [4.69, 9.17) is 9.47 Å². The van der Waals surface area contributed by atoms with Crippen LogP contribution >= 0.6 is 0 Å². The molecule has 4 rings (SSSR count). The molecule has 1 amide bonds. The molecule has 4 aromatic carbocycles. The number of unbranched alkanes of at least 4 members (excludes halogenated alkanes) is 1. The van der Waals surface area contributed by atoms with E-state index in [2.05, 4.69) is 10.0 Å². The molecule has 0 heterocycles. The quantitative estimate of drug-likeness (QED) is 0.160. The van der Waals surface area contributed by atoms with Crippen LogP contribution in [-0.2, 0) is 14.8 Å². The largest absolute Gasteiger partial charge is 0.465 e. The molecule has 0 bridgehead atoms. The van der Waals surface area contributed by atoms with Crippen LogP contribution in [0.25, 0.3) is 11.1 Å². The van der Waals surface area contributed by atoms with Gasteiger partial charge in [0.2, 0.25) is 10.0 Å². The monoisotopic (exact) mass is 583 g/mol. The zero-order valence-corrected chi connectivity index (χ0v) is 23.9. The van der Waals surface area contributed by atoms with Crippen molar-refractivity contribution in [2.75, 3.05) is 19.0 Å². The summed E-state index contributed by atoms with van der Waals surface area (Å²) in [6.07, 6.45) is 1.59. The molecule has 0 saturated heterocycles. The van der Waals surface area contributed by atoms with Gasteiger partial charge in [0.1, 0.15) is 5.75 Å². The summed E-state index contributed by atoms with van der Waals surface area (Å²) in [4.78, 5) is 25.6. The molecule has 0 aliphatic rings. The number of carbonyl (C=O) groups is 2. The number of rotatable bonds is 11. The summed E-state index contributed by atoms with van der Waals surface area (Å²) in [7, 11) is -2.47. The van der Waals surface area contributed by atoms with Crippen LogP contribution in [0.2, 0.25) is 0 Å². The van der Waals surface area contributed by atoms with Crippen molar-refractivity contribution in [2.45, 2.75) is 24.7 Å². The number of hydrogen-bond acceptors (Lipinski definition) is 7. The number of carbonyl (C=O) groups excluding carboxylic acids is 2. The Bertz CT molecular complexity index is 1750. The van der Waals surface area contributed by atoms with Gasteiger partial charge in [-0.3, -0.25) is 4.79 Å². The number of amides is 1. The second-order valence-electron chi connectivity index (χ2n) is 9.22. The lowest BCUT2D eigenvalue weighted by molar-refractivity contribution is 0.0600. The second kappa shape index (κ2) is 13.6. The van der Waals surface area contributed by atoms with Crippen LogP contribution in [0.15, 0.2) is 95.9 Å². The van der Waals surface area contributed by atoms with Gasteiger partial charge in [0, 0.05) is 17.7 Å². The number of hydrogen-bond donors (Lipinski definition) is 2. The molecule has 0 atom stereocenters. The number of benzene rings is 4. The lowest BCUT2D eigenvalue weighted by atomic mass is 10.0.